The van der Waals surface area contributed by atoms with E-state index >= 15 is 14.4 Å². The molecule has 6 aromatic rings. The van der Waals surface area contributed by atoms with Gasteiger partial charge in [-0.25, -0.2) is 0 Å². The van der Waals surface area contributed by atoms with E-state index < -0.39 is 37.7 Å². The van der Waals surface area contributed by atoms with Crippen molar-refractivity contribution in [2.75, 3.05) is 28.4 Å². The Morgan fingerprint density at radius 1 is 0.414 bits per heavy atom. The van der Waals surface area contributed by atoms with Crippen LogP contribution in [0.25, 0.3) is 0 Å². The molecule has 0 aliphatic carbocycles. The predicted octanol–water partition coefficient (Wildman–Crippen LogP) is 6.10. The van der Waals surface area contributed by atoms with Crippen molar-refractivity contribution in [1.82, 2.24) is 0 Å². The fraction of sp³-hybridized carbons (Fsp3) is 0.0833. The summed E-state index contributed by atoms with van der Waals surface area (Å²) in [6.07, 6.45) is 2.79. The Hall–Kier alpha value is -6.46. The Bertz CT molecular complexity index is 2260. The maximum atomic E-state index is 15.9. The predicted molar refractivity (Wildman–Crippen MR) is 232 cm³/mol. The zero-order valence-electron chi connectivity index (χ0n) is 32.5. The molecule has 0 N–H and O–H groups in total. The number of benzene rings is 6. The molecular formula is C48H42O8P2. The van der Waals surface area contributed by atoms with Crippen LogP contribution in [0.4, 0.5) is 0 Å². The summed E-state index contributed by atoms with van der Waals surface area (Å²) >= 11 is 0. The summed E-state index contributed by atoms with van der Waals surface area (Å²) in [6, 6.07) is 55.1. The van der Waals surface area contributed by atoms with E-state index in [1.807, 2.05) is 91.0 Å². The number of carbonyl (C=O) groups is 4. The molecule has 0 bridgehead atoms. The van der Waals surface area contributed by atoms with Gasteiger partial charge in [0.05, 0.1) is 0 Å². The van der Waals surface area contributed by atoms with E-state index in [0.717, 1.165) is 0 Å². The third-order valence-corrected chi connectivity index (χ3v) is 21.2. The van der Waals surface area contributed by atoms with Gasteiger partial charge in [0.1, 0.15) is 0 Å². The number of hydrogen-bond acceptors (Lipinski definition) is 8. The average Bonchev–Trinajstić information content (AvgIpc) is 3.30. The summed E-state index contributed by atoms with van der Waals surface area (Å²) in [5, 5.41) is 2.67. The summed E-state index contributed by atoms with van der Waals surface area (Å²) in [4.78, 5) is 60.5. The fourth-order valence-electron chi connectivity index (χ4n) is 7.97. The summed E-state index contributed by atoms with van der Waals surface area (Å²) in [5.41, 5.74) is 0. The number of hydrogen-bond donors (Lipinski definition) is 0. The standard InChI is InChI=1S/C48H42O8P2/c1-53-43(49)35-42(46(50)54-2)58(39-29-17-8-18-30-39,40-31-19-9-20-32-40,41-33-21-10-22-34-41)45(48(52)56-4)44(47(51)55-3)57(36-23-11-5-12-24-36,37-25-13-6-14-26-37)38-27-15-7-16-28-38/h5-34H,1-4H3/b45-44+. The van der Waals surface area contributed by atoms with Crippen LogP contribution >= 0.6 is 13.9 Å². The molecule has 0 saturated carbocycles. The molecule has 0 saturated heterocycles. The van der Waals surface area contributed by atoms with Crippen LogP contribution in [0.15, 0.2) is 198 Å². The van der Waals surface area contributed by atoms with Crippen LogP contribution in [0.5, 0.6) is 0 Å². The third-order valence-electron chi connectivity index (χ3n) is 10.2. The maximum absolute atomic E-state index is 15.9. The minimum atomic E-state index is -5.54. The molecule has 0 aliphatic heterocycles. The van der Waals surface area contributed by atoms with Gasteiger partial charge in [0, 0.05) is 0 Å². The number of esters is 4. The quantitative estimate of drug-likeness (QED) is 0.0454. The second-order valence-corrected chi connectivity index (χ2v) is 21.0. The van der Waals surface area contributed by atoms with Gasteiger partial charge in [0.2, 0.25) is 0 Å². The van der Waals surface area contributed by atoms with E-state index in [1.54, 1.807) is 91.0 Å². The molecule has 0 aromatic heterocycles. The molecule has 10 heteroatoms. The molecule has 0 amide bonds. The van der Waals surface area contributed by atoms with Gasteiger partial charge in [0.15, 0.2) is 0 Å². The molecule has 8 nitrogen and oxygen atoms in total. The van der Waals surface area contributed by atoms with Crippen LogP contribution in [-0.4, -0.2) is 52.3 Å². The molecule has 0 unspecified atom stereocenters. The summed E-state index contributed by atoms with van der Waals surface area (Å²) in [7, 11) is 1.18. The third kappa shape index (κ3) is 6.55. The van der Waals surface area contributed by atoms with E-state index in [9.17, 15) is 4.79 Å². The van der Waals surface area contributed by atoms with E-state index in [2.05, 4.69) is 6.08 Å². The Kier molecular flexibility index (Phi) is 12.6. The van der Waals surface area contributed by atoms with Crippen molar-refractivity contribution in [2.45, 2.75) is 0 Å². The first kappa shape index (κ1) is 41.2. The molecule has 58 heavy (non-hydrogen) atoms. The van der Waals surface area contributed by atoms with E-state index in [1.165, 1.54) is 28.4 Å². The van der Waals surface area contributed by atoms with Crippen LogP contribution in [0.3, 0.4) is 0 Å². The van der Waals surface area contributed by atoms with Crippen molar-refractivity contribution >= 4 is 69.6 Å². The molecule has 0 heterocycles. The molecule has 292 valence electrons. The first-order valence-electron chi connectivity index (χ1n) is 18.2. The monoisotopic (exact) mass is 808 g/mol. The van der Waals surface area contributed by atoms with E-state index in [0.29, 0.717) is 31.8 Å². The van der Waals surface area contributed by atoms with Crippen LogP contribution in [-0.2, 0) is 38.1 Å². The van der Waals surface area contributed by atoms with Crippen LogP contribution in [0.2, 0.25) is 0 Å². The van der Waals surface area contributed by atoms with Gasteiger partial charge < -0.3 is 0 Å². The van der Waals surface area contributed by atoms with Gasteiger partial charge in [-0.2, -0.15) is 0 Å². The van der Waals surface area contributed by atoms with Crippen molar-refractivity contribution in [3.05, 3.63) is 204 Å². The van der Waals surface area contributed by atoms with Gasteiger partial charge in [-0.05, 0) is 0 Å². The summed E-state index contributed by atoms with van der Waals surface area (Å²) in [6.45, 7) is -5.54. The molecule has 6 aromatic carbocycles. The fourth-order valence-corrected chi connectivity index (χ4v) is 20.0. The summed E-state index contributed by atoms with van der Waals surface area (Å²) in [5.74, 6) is -3.82. The molecule has 0 atom stereocenters. The number of rotatable bonds is 13. The first-order chi connectivity index (χ1) is 28.3. The van der Waals surface area contributed by atoms with Crippen LogP contribution in [0, 0.1) is 6.08 Å². The van der Waals surface area contributed by atoms with Crippen molar-refractivity contribution in [2.24, 2.45) is 0 Å². The molecule has 0 aliphatic rings. The molecular weight excluding hydrogens is 766 g/mol. The molecule has 0 radical (unpaired) electrons. The van der Waals surface area contributed by atoms with Crippen molar-refractivity contribution in [3.63, 3.8) is 0 Å². The van der Waals surface area contributed by atoms with Gasteiger partial charge in [-0.1, -0.05) is 0 Å². The second-order valence-electron chi connectivity index (χ2n) is 12.9. The van der Waals surface area contributed by atoms with E-state index in [4.69, 9.17) is 18.9 Å². The van der Waals surface area contributed by atoms with Crippen molar-refractivity contribution in [1.29, 1.82) is 0 Å². The Morgan fingerprint density at radius 3 is 1.02 bits per heavy atom. The Labute approximate surface area is 339 Å². The Balaban J connectivity index is 2.19. The molecule has 0 spiro atoms. The topological polar surface area (TPSA) is 105 Å². The van der Waals surface area contributed by atoms with Crippen molar-refractivity contribution in [3.8, 4) is 0 Å². The summed E-state index contributed by atoms with van der Waals surface area (Å²) < 4.78 is 22.6. The van der Waals surface area contributed by atoms with Gasteiger partial charge in [-0.3, -0.25) is 0 Å². The zero-order chi connectivity index (χ0) is 41.2. The molecule has 6 rings (SSSR count). The van der Waals surface area contributed by atoms with Crippen molar-refractivity contribution < 1.29 is 38.1 Å². The minimum absolute atomic E-state index is 0.0623. The number of ether oxygens (including phenoxy) is 4. The van der Waals surface area contributed by atoms with Gasteiger partial charge >= 0.3 is 340 Å². The van der Waals surface area contributed by atoms with Crippen LogP contribution in [0.1, 0.15) is 0 Å². The molecule has 0 fully saturated rings. The number of carbonyl (C=O) groups excluding carboxylic acids is 4. The SMILES string of the molecule is COC(=O)[C-]=C(C(=O)OC)P(/C(C(=O)OC)=C(\C(=O)OC)[P+](c1ccccc1)(c1ccccc1)c1ccccc1)(c1ccccc1)(c1ccccc1)c1ccccc1. The van der Waals surface area contributed by atoms with E-state index in [-0.39, 0.29) is 15.9 Å². The van der Waals surface area contributed by atoms with Gasteiger partial charge in [0.25, 0.3) is 0 Å². The average molecular weight is 809 g/mol. The van der Waals surface area contributed by atoms with Crippen LogP contribution < -0.4 is 31.8 Å². The Morgan fingerprint density at radius 2 is 0.724 bits per heavy atom. The number of methoxy groups -OCH3 is 4. The second kappa shape index (κ2) is 17.8. The first-order valence-corrected chi connectivity index (χ1v) is 22.3. The van der Waals surface area contributed by atoms with Gasteiger partial charge in [-0.15, -0.1) is 0 Å². The normalized spacial score (nSPS) is 12.8. The zero-order valence-corrected chi connectivity index (χ0v) is 34.3.